The fraction of sp³-hybridized carbons (Fsp3) is 0.0625. The maximum Gasteiger partial charge on any atom is 0.171 e. The van der Waals surface area contributed by atoms with Gasteiger partial charge in [0.25, 0.3) is 0 Å². The van der Waals surface area contributed by atoms with Crippen LogP contribution in [0.1, 0.15) is 5.82 Å². The number of halogens is 1. The van der Waals surface area contributed by atoms with Gasteiger partial charge in [-0.25, -0.2) is 4.98 Å². The number of benzene rings is 2. The molecular formula is C16H11ClN4. The highest BCUT2D eigenvalue weighted by Crippen LogP contribution is 2.29. The zero-order valence-electron chi connectivity index (χ0n) is 11.3. The van der Waals surface area contributed by atoms with E-state index in [2.05, 4.69) is 10.2 Å². The molecule has 0 N–H and O–H groups in total. The number of hydrogen-bond donors (Lipinski definition) is 0. The van der Waals surface area contributed by atoms with Crippen LogP contribution < -0.4 is 0 Å². The Balaban J connectivity index is 2.21. The number of rotatable bonds is 1. The van der Waals surface area contributed by atoms with Crippen LogP contribution in [0.2, 0.25) is 5.02 Å². The minimum absolute atomic E-state index is 0.662. The van der Waals surface area contributed by atoms with Gasteiger partial charge < -0.3 is 0 Å². The Kier molecular flexibility index (Phi) is 2.65. The van der Waals surface area contributed by atoms with Crippen LogP contribution in [0.4, 0.5) is 0 Å². The van der Waals surface area contributed by atoms with E-state index in [1.807, 2.05) is 59.9 Å². The molecule has 4 aromatic rings. The largest absolute Gasteiger partial charge is 0.262 e. The van der Waals surface area contributed by atoms with Gasteiger partial charge in [-0.05, 0) is 31.2 Å². The van der Waals surface area contributed by atoms with Crippen LogP contribution >= 0.6 is 11.6 Å². The Morgan fingerprint density at radius 1 is 0.952 bits per heavy atom. The van der Waals surface area contributed by atoms with E-state index < -0.39 is 0 Å². The molecule has 0 saturated carbocycles. The molecule has 5 heteroatoms. The van der Waals surface area contributed by atoms with Gasteiger partial charge in [0.2, 0.25) is 0 Å². The van der Waals surface area contributed by atoms with Gasteiger partial charge in [0.05, 0.1) is 10.5 Å². The van der Waals surface area contributed by atoms with Crippen molar-refractivity contribution >= 4 is 28.2 Å². The maximum absolute atomic E-state index is 6.34. The lowest BCUT2D eigenvalue weighted by Crippen LogP contribution is -2.00. The average molecular weight is 295 g/mol. The van der Waals surface area contributed by atoms with Gasteiger partial charge in [-0.1, -0.05) is 35.9 Å². The number of fused-ring (bicyclic) bond motifs is 3. The predicted octanol–water partition coefficient (Wildman–Crippen LogP) is 3.91. The molecule has 0 aliphatic carbocycles. The van der Waals surface area contributed by atoms with Crippen molar-refractivity contribution in [3.05, 3.63) is 59.4 Å². The fourth-order valence-corrected chi connectivity index (χ4v) is 2.76. The second-order valence-corrected chi connectivity index (χ2v) is 5.25. The van der Waals surface area contributed by atoms with E-state index >= 15 is 0 Å². The summed E-state index contributed by atoms with van der Waals surface area (Å²) >= 11 is 6.34. The van der Waals surface area contributed by atoms with E-state index in [-0.39, 0.29) is 0 Å². The number of para-hydroxylation sites is 1. The molecule has 0 bridgehead atoms. The molecule has 2 heterocycles. The standard InChI is InChI=1S/C16H11ClN4/c1-10-19-20-16-12-7-3-5-9-14(12)18-15(21(10)16)11-6-2-4-8-13(11)17/h2-9H,1H3. The molecule has 4 nitrogen and oxygen atoms in total. The van der Waals surface area contributed by atoms with Crippen molar-refractivity contribution in [1.29, 1.82) is 0 Å². The highest BCUT2D eigenvalue weighted by Gasteiger charge is 2.15. The summed E-state index contributed by atoms with van der Waals surface area (Å²) in [5.74, 6) is 1.55. The van der Waals surface area contributed by atoms with E-state index in [4.69, 9.17) is 16.6 Å². The van der Waals surface area contributed by atoms with Crippen LogP contribution in [0, 0.1) is 6.92 Å². The molecule has 0 atom stereocenters. The minimum atomic E-state index is 0.662. The third kappa shape index (κ3) is 1.80. The fourth-order valence-electron chi connectivity index (χ4n) is 2.54. The molecular weight excluding hydrogens is 284 g/mol. The van der Waals surface area contributed by atoms with Crippen molar-refractivity contribution in [1.82, 2.24) is 19.6 Å². The summed E-state index contributed by atoms with van der Waals surface area (Å²) in [7, 11) is 0. The second kappa shape index (κ2) is 4.53. The molecule has 102 valence electrons. The lowest BCUT2D eigenvalue weighted by atomic mass is 10.2. The van der Waals surface area contributed by atoms with Crippen molar-refractivity contribution in [2.75, 3.05) is 0 Å². The zero-order chi connectivity index (χ0) is 14.4. The van der Waals surface area contributed by atoms with E-state index in [9.17, 15) is 0 Å². The topological polar surface area (TPSA) is 43.1 Å². The SMILES string of the molecule is Cc1nnc2c3ccccc3nc(-c3ccccc3Cl)n12. The Morgan fingerprint density at radius 2 is 1.71 bits per heavy atom. The van der Waals surface area contributed by atoms with Gasteiger partial charge >= 0.3 is 0 Å². The highest BCUT2D eigenvalue weighted by atomic mass is 35.5. The molecule has 0 saturated heterocycles. The smallest absolute Gasteiger partial charge is 0.171 e. The summed E-state index contributed by atoms with van der Waals surface area (Å²) in [4.78, 5) is 4.77. The Bertz CT molecular complexity index is 975. The first kappa shape index (κ1) is 12.3. The van der Waals surface area contributed by atoms with E-state index in [1.54, 1.807) is 0 Å². The summed E-state index contributed by atoms with van der Waals surface area (Å²) < 4.78 is 1.95. The van der Waals surface area contributed by atoms with Crippen molar-refractivity contribution < 1.29 is 0 Å². The van der Waals surface area contributed by atoms with E-state index in [0.717, 1.165) is 33.8 Å². The summed E-state index contributed by atoms with van der Waals surface area (Å²) in [6.07, 6.45) is 0. The van der Waals surface area contributed by atoms with Crippen LogP contribution in [-0.4, -0.2) is 19.6 Å². The van der Waals surface area contributed by atoms with Crippen molar-refractivity contribution in [2.45, 2.75) is 6.92 Å². The molecule has 2 aromatic heterocycles. The van der Waals surface area contributed by atoms with E-state index in [0.29, 0.717) is 5.02 Å². The van der Waals surface area contributed by atoms with Crippen LogP contribution in [0.25, 0.3) is 27.9 Å². The summed E-state index contributed by atoms with van der Waals surface area (Å²) in [5.41, 5.74) is 2.55. The highest BCUT2D eigenvalue weighted by molar-refractivity contribution is 6.33. The quantitative estimate of drug-likeness (QED) is 0.534. The first-order chi connectivity index (χ1) is 10.3. The van der Waals surface area contributed by atoms with Gasteiger partial charge in [0.15, 0.2) is 5.65 Å². The monoisotopic (exact) mass is 294 g/mol. The van der Waals surface area contributed by atoms with Gasteiger partial charge in [-0.3, -0.25) is 4.40 Å². The molecule has 21 heavy (non-hydrogen) atoms. The molecule has 0 aliphatic heterocycles. The van der Waals surface area contributed by atoms with Gasteiger partial charge in [0, 0.05) is 10.9 Å². The number of aryl methyl sites for hydroxylation is 1. The van der Waals surface area contributed by atoms with Gasteiger partial charge in [-0.15, -0.1) is 10.2 Å². The third-order valence-corrected chi connectivity index (χ3v) is 3.85. The molecule has 0 fully saturated rings. The molecule has 0 radical (unpaired) electrons. The summed E-state index contributed by atoms with van der Waals surface area (Å²) in [6, 6.07) is 15.6. The third-order valence-electron chi connectivity index (χ3n) is 3.52. The van der Waals surface area contributed by atoms with Gasteiger partial charge in [-0.2, -0.15) is 0 Å². The van der Waals surface area contributed by atoms with Gasteiger partial charge in [0.1, 0.15) is 11.6 Å². The molecule has 4 rings (SSSR count). The van der Waals surface area contributed by atoms with Crippen LogP contribution in [0.15, 0.2) is 48.5 Å². The first-order valence-electron chi connectivity index (χ1n) is 6.61. The lowest BCUT2D eigenvalue weighted by Gasteiger charge is -2.09. The molecule has 0 aliphatic rings. The minimum Gasteiger partial charge on any atom is -0.262 e. The number of hydrogen-bond acceptors (Lipinski definition) is 3. The normalized spacial score (nSPS) is 11.3. The maximum atomic E-state index is 6.34. The van der Waals surface area contributed by atoms with Crippen LogP contribution in [0.5, 0.6) is 0 Å². The number of aromatic nitrogens is 4. The molecule has 0 unspecified atom stereocenters. The molecule has 2 aromatic carbocycles. The predicted molar refractivity (Wildman–Crippen MR) is 83.5 cm³/mol. The molecule has 0 spiro atoms. The summed E-state index contributed by atoms with van der Waals surface area (Å²) in [5, 5.41) is 10.1. The van der Waals surface area contributed by atoms with Crippen LogP contribution in [-0.2, 0) is 0 Å². The Morgan fingerprint density at radius 3 is 2.57 bits per heavy atom. The van der Waals surface area contributed by atoms with Crippen molar-refractivity contribution in [2.24, 2.45) is 0 Å². The average Bonchev–Trinajstić information content (AvgIpc) is 2.90. The Hall–Kier alpha value is -2.46. The molecule has 0 amide bonds. The lowest BCUT2D eigenvalue weighted by molar-refractivity contribution is 0.996. The van der Waals surface area contributed by atoms with Crippen molar-refractivity contribution in [3.8, 4) is 11.4 Å². The van der Waals surface area contributed by atoms with E-state index in [1.165, 1.54) is 0 Å². The Labute approximate surface area is 126 Å². The van der Waals surface area contributed by atoms with Crippen molar-refractivity contribution in [3.63, 3.8) is 0 Å². The first-order valence-corrected chi connectivity index (χ1v) is 6.99. The zero-order valence-corrected chi connectivity index (χ0v) is 12.0. The number of nitrogens with zero attached hydrogens (tertiary/aromatic N) is 4. The second-order valence-electron chi connectivity index (χ2n) is 4.84. The van der Waals surface area contributed by atoms with Crippen LogP contribution in [0.3, 0.4) is 0 Å². The summed E-state index contributed by atoms with van der Waals surface area (Å²) in [6.45, 7) is 1.91.